The second kappa shape index (κ2) is 7.84. The Labute approximate surface area is 156 Å². The van der Waals surface area contributed by atoms with Crippen molar-refractivity contribution in [2.24, 2.45) is 0 Å². The number of carbonyl (C=O) groups is 1. The number of rotatable bonds is 5. The first kappa shape index (κ1) is 17.7. The molecule has 132 valence electrons. The van der Waals surface area contributed by atoms with E-state index in [2.05, 4.69) is 20.6 Å². The third kappa shape index (κ3) is 4.29. The van der Waals surface area contributed by atoms with E-state index in [1.807, 2.05) is 19.1 Å². The van der Waals surface area contributed by atoms with Crippen LogP contribution in [0, 0.1) is 6.92 Å². The summed E-state index contributed by atoms with van der Waals surface area (Å²) in [6, 6.07) is 14.1. The van der Waals surface area contributed by atoms with E-state index in [0.29, 0.717) is 22.4 Å². The Balaban J connectivity index is 1.75. The zero-order valence-electron chi connectivity index (χ0n) is 14.3. The van der Waals surface area contributed by atoms with Crippen molar-refractivity contribution in [3.8, 4) is 5.75 Å². The van der Waals surface area contributed by atoms with Crippen LogP contribution in [0.3, 0.4) is 0 Å². The first-order valence-electron chi connectivity index (χ1n) is 7.87. The fourth-order valence-electron chi connectivity index (χ4n) is 2.26. The highest BCUT2D eigenvalue weighted by molar-refractivity contribution is 6.30. The van der Waals surface area contributed by atoms with E-state index >= 15 is 0 Å². The van der Waals surface area contributed by atoms with Crippen LogP contribution in [-0.4, -0.2) is 23.0 Å². The highest BCUT2D eigenvalue weighted by Crippen LogP contribution is 2.22. The molecular formula is C19H17ClN4O2. The Kier molecular flexibility index (Phi) is 5.34. The van der Waals surface area contributed by atoms with E-state index in [1.54, 1.807) is 43.5 Å². The number of nitrogens with one attached hydrogen (secondary N) is 2. The first-order chi connectivity index (χ1) is 12.5. The number of aryl methyl sites for hydroxylation is 1. The number of nitrogens with zero attached hydrogens (tertiary/aromatic N) is 2. The van der Waals surface area contributed by atoms with Crippen LogP contribution in [0.15, 0.2) is 54.7 Å². The topological polar surface area (TPSA) is 76.1 Å². The van der Waals surface area contributed by atoms with Crippen molar-refractivity contribution in [3.63, 3.8) is 0 Å². The van der Waals surface area contributed by atoms with Gasteiger partial charge in [-0.3, -0.25) is 4.79 Å². The molecule has 1 heterocycles. The second-order valence-electron chi connectivity index (χ2n) is 5.53. The number of methoxy groups -OCH3 is 1. The number of aromatic nitrogens is 2. The summed E-state index contributed by atoms with van der Waals surface area (Å²) in [5, 5.41) is 6.47. The van der Waals surface area contributed by atoms with Crippen molar-refractivity contribution in [1.82, 2.24) is 9.97 Å². The molecule has 0 aliphatic heterocycles. The van der Waals surface area contributed by atoms with Crippen molar-refractivity contribution in [2.75, 3.05) is 17.7 Å². The lowest BCUT2D eigenvalue weighted by Gasteiger charge is -2.10. The van der Waals surface area contributed by atoms with Crippen LogP contribution >= 0.6 is 11.6 Å². The van der Waals surface area contributed by atoms with Crippen LogP contribution in [-0.2, 0) is 0 Å². The Morgan fingerprint density at radius 1 is 1.12 bits per heavy atom. The quantitative estimate of drug-likeness (QED) is 0.696. The van der Waals surface area contributed by atoms with Crippen molar-refractivity contribution in [3.05, 3.63) is 71.0 Å². The lowest BCUT2D eigenvalue weighted by Crippen LogP contribution is -2.14. The molecule has 7 heteroatoms. The summed E-state index contributed by atoms with van der Waals surface area (Å²) in [5.41, 5.74) is 2.67. The maximum absolute atomic E-state index is 12.4. The van der Waals surface area contributed by atoms with Crippen LogP contribution < -0.4 is 15.4 Å². The number of anilines is 3. The third-order valence-electron chi connectivity index (χ3n) is 3.68. The fraction of sp³-hybridized carbons (Fsp3) is 0.105. The molecule has 2 aromatic carbocycles. The van der Waals surface area contributed by atoms with Gasteiger partial charge in [0.2, 0.25) is 5.95 Å². The van der Waals surface area contributed by atoms with Gasteiger partial charge in [-0.1, -0.05) is 17.7 Å². The van der Waals surface area contributed by atoms with Crippen molar-refractivity contribution in [2.45, 2.75) is 6.92 Å². The molecule has 0 atom stereocenters. The standard InChI is InChI=1S/C19H17ClN4O2/c1-12-3-4-13(20)11-17(12)24-19-21-10-9-16(23-19)18(25)22-14-5-7-15(26-2)8-6-14/h3-11H,1-2H3,(H,22,25)(H,21,23,24). The van der Waals surface area contributed by atoms with Gasteiger partial charge >= 0.3 is 0 Å². The van der Waals surface area contributed by atoms with Gasteiger partial charge in [-0.2, -0.15) is 0 Å². The van der Waals surface area contributed by atoms with Crippen molar-refractivity contribution in [1.29, 1.82) is 0 Å². The summed E-state index contributed by atoms with van der Waals surface area (Å²) in [7, 11) is 1.59. The summed E-state index contributed by atoms with van der Waals surface area (Å²) in [5.74, 6) is 0.703. The third-order valence-corrected chi connectivity index (χ3v) is 3.92. The van der Waals surface area contributed by atoms with Gasteiger partial charge < -0.3 is 15.4 Å². The number of hydrogen-bond donors (Lipinski definition) is 2. The van der Waals surface area contributed by atoms with Gasteiger partial charge in [-0.05, 0) is 55.0 Å². The second-order valence-corrected chi connectivity index (χ2v) is 5.97. The zero-order chi connectivity index (χ0) is 18.5. The van der Waals surface area contributed by atoms with Crippen molar-refractivity contribution >= 4 is 34.8 Å². The van der Waals surface area contributed by atoms with Gasteiger partial charge in [0.05, 0.1) is 7.11 Å². The summed E-state index contributed by atoms with van der Waals surface area (Å²) >= 11 is 6.02. The highest BCUT2D eigenvalue weighted by Gasteiger charge is 2.10. The molecule has 0 saturated heterocycles. The van der Waals surface area contributed by atoms with Crippen LogP contribution in [0.25, 0.3) is 0 Å². The minimum atomic E-state index is -0.330. The SMILES string of the molecule is COc1ccc(NC(=O)c2ccnc(Nc3cc(Cl)ccc3C)n2)cc1. The van der Waals surface area contributed by atoms with Gasteiger partial charge in [-0.15, -0.1) is 0 Å². The van der Waals surface area contributed by atoms with Crippen molar-refractivity contribution < 1.29 is 9.53 Å². The smallest absolute Gasteiger partial charge is 0.274 e. The molecule has 0 bridgehead atoms. The molecule has 6 nitrogen and oxygen atoms in total. The van der Waals surface area contributed by atoms with E-state index < -0.39 is 0 Å². The van der Waals surface area contributed by atoms with Gasteiger partial charge in [-0.25, -0.2) is 9.97 Å². The number of hydrogen-bond acceptors (Lipinski definition) is 5. The maximum atomic E-state index is 12.4. The average molecular weight is 369 g/mol. The van der Waals surface area contributed by atoms with E-state index in [9.17, 15) is 4.79 Å². The van der Waals surface area contributed by atoms with Crippen LogP contribution in [0.5, 0.6) is 5.75 Å². The van der Waals surface area contributed by atoms with Crippen LogP contribution in [0.4, 0.5) is 17.3 Å². The number of carbonyl (C=O) groups excluding carboxylic acids is 1. The summed E-state index contributed by atoms with van der Waals surface area (Å²) in [6.07, 6.45) is 1.53. The molecule has 0 aliphatic rings. The van der Waals surface area contributed by atoms with Crippen LogP contribution in [0.2, 0.25) is 5.02 Å². The van der Waals surface area contributed by atoms with E-state index in [-0.39, 0.29) is 11.6 Å². The highest BCUT2D eigenvalue weighted by atomic mass is 35.5. The Hall–Kier alpha value is -3.12. The Bertz CT molecular complexity index is 929. The van der Waals surface area contributed by atoms with E-state index in [0.717, 1.165) is 11.3 Å². The summed E-state index contributed by atoms with van der Waals surface area (Å²) in [6.45, 7) is 1.94. The Morgan fingerprint density at radius 3 is 2.62 bits per heavy atom. The summed E-state index contributed by atoms with van der Waals surface area (Å²) < 4.78 is 5.10. The molecule has 0 fully saturated rings. The number of halogens is 1. The minimum Gasteiger partial charge on any atom is -0.497 e. The molecule has 3 rings (SSSR count). The molecule has 3 aromatic rings. The van der Waals surface area contributed by atoms with Gasteiger partial charge in [0, 0.05) is 22.6 Å². The molecule has 2 N–H and O–H groups in total. The molecule has 0 spiro atoms. The van der Waals surface area contributed by atoms with Gasteiger partial charge in [0.1, 0.15) is 11.4 Å². The minimum absolute atomic E-state index is 0.248. The number of ether oxygens (including phenoxy) is 1. The molecule has 0 saturated carbocycles. The monoisotopic (exact) mass is 368 g/mol. The van der Waals surface area contributed by atoms with Gasteiger partial charge in [0.15, 0.2) is 0 Å². The zero-order valence-corrected chi connectivity index (χ0v) is 15.0. The molecule has 1 amide bonds. The Morgan fingerprint density at radius 2 is 1.88 bits per heavy atom. The van der Waals surface area contributed by atoms with Crippen LogP contribution in [0.1, 0.15) is 16.1 Å². The summed E-state index contributed by atoms with van der Waals surface area (Å²) in [4.78, 5) is 20.8. The lowest BCUT2D eigenvalue weighted by molar-refractivity contribution is 0.102. The van der Waals surface area contributed by atoms with Gasteiger partial charge in [0.25, 0.3) is 5.91 Å². The normalized spacial score (nSPS) is 10.3. The predicted molar refractivity (Wildman–Crippen MR) is 102 cm³/mol. The number of benzene rings is 2. The van der Waals surface area contributed by atoms with E-state index in [1.165, 1.54) is 6.20 Å². The molecule has 0 radical (unpaired) electrons. The lowest BCUT2D eigenvalue weighted by atomic mass is 10.2. The predicted octanol–water partition coefficient (Wildman–Crippen LogP) is 4.44. The molecule has 26 heavy (non-hydrogen) atoms. The maximum Gasteiger partial charge on any atom is 0.274 e. The number of amides is 1. The fourth-order valence-corrected chi connectivity index (χ4v) is 2.44. The first-order valence-corrected chi connectivity index (χ1v) is 8.24. The molecular weight excluding hydrogens is 352 g/mol. The average Bonchev–Trinajstić information content (AvgIpc) is 2.65. The molecule has 0 aliphatic carbocycles. The molecule has 0 unspecified atom stereocenters. The largest absolute Gasteiger partial charge is 0.497 e. The van der Waals surface area contributed by atoms with E-state index in [4.69, 9.17) is 16.3 Å². The molecule has 1 aromatic heterocycles.